The summed E-state index contributed by atoms with van der Waals surface area (Å²) in [6.45, 7) is 0. The summed E-state index contributed by atoms with van der Waals surface area (Å²) in [5.41, 5.74) is 1.79. The maximum absolute atomic E-state index is 9.12. The number of hydrogen-bond acceptors (Lipinski definition) is 3. The largest absolute Gasteiger partial charge is 0.277 e. The van der Waals surface area contributed by atoms with E-state index in [4.69, 9.17) is 4.79 Å². The minimum atomic E-state index is 0.382. The lowest BCUT2D eigenvalue weighted by molar-refractivity contribution is -0.114. The first-order valence-electron chi connectivity index (χ1n) is 0.911. The molecule has 0 bridgehead atoms. The molecule has 0 rings (SSSR count). The smallest absolute Gasteiger partial charge is 0.231 e. The van der Waals surface area contributed by atoms with E-state index in [-0.39, 0.29) is 0 Å². The number of rotatable bonds is 2. The second-order valence-electron chi connectivity index (χ2n) is 0.327. The van der Waals surface area contributed by atoms with Gasteiger partial charge in [-0.15, -0.1) is 0 Å². The molecule has 1 N–H and O–H groups in total. The van der Waals surface area contributed by atoms with E-state index < -0.39 is 0 Å². The lowest BCUT2D eigenvalue weighted by Gasteiger charge is -1.79. The van der Waals surface area contributed by atoms with Crippen molar-refractivity contribution in [2.24, 2.45) is 0 Å². The SMILES string of the molecule is O=CNOS. The van der Waals surface area contributed by atoms with Gasteiger partial charge in [0.15, 0.2) is 0 Å². The van der Waals surface area contributed by atoms with Crippen molar-refractivity contribution in [2.75, 3.05) is 0 Å². The predicted molar refractivity (Wildman–Crippen MR) is 19.3 cm³/mol. The Balaban J connectivity index is 2.40. The molecule has 4 heteroatoms. The number of amides is 1. The maximum atomic E-state index is 9.12. The van der Waals surface area contributed by atoms with Crippen molar-refractivity contribution < 1.29 is 9.08 Å². The molecule has 3 nitrogen and oxygen atoms in total. The highest BCUT2D eigenvalue weighted by molar-refractivity contribution is 7.75. The van der Waals surface area contributed by atoms with Gasteiger partial charge in [-0.2, -0.15) is 0 Å². The van der Waals surface area contributed by atoms with Gasteiger partial charge in [0.25, 0.3) is 0 Å². The van der Waals surface area contributed by atoms with Gasteiger partial charge < -0.3 is 0 Å². The Morgan fingerprint density at radius 2 is 2.60 bits per heavy atom. The minimum Gasteiger partial charge on any atom is -0.277 e. The third kappa shape index (κ3) is 3.78. The fourth-order valence-electron chi connectivity index (χ4n) is 0.0215. The summed E-state index contributed by atoms with van der Waals surface area (Å²) in [4.78, 5) is 9.12. The van der Waals surface area contributed by atoms with E-state index in [0.29, 0.717) is 6.41 Å². The quantitative estimate of drug-likeness (QED) is 0.209. The molecule has 0 aromatic rings. The molecule has 30 valence electrons. The topological polar surface area (TPSA) is 38.3 Å². The predicted octanol–water partition coefficient (Wildman–Crippen LogP) is -0.491. The van der Waals surface area contributed by atoms with E-state index in [1.54, 1.807) is 5.48 Å². The van der Waals surface area contributed by atoms with Crippen LogP contribution in [0.2, 0.25) is 0 Å². The summed E-state index contributed by atoms with van der Waals surface area (Å²) in [7, 11) is 0. The highest BCUT2D eigenvalue weighted by atomic mass is 32.1. The highest BCUT2D eigenvalue weighted by Crippen LogP contribution is 1.59. The molecular formula is CH3NO2S. The van der Waals surface area contributed by atoms with Gasteiger partial charge in [-0.1, -0.05) is 0 Å². The first-order valence-corrected chi connectivity index (χ1v) is 1.28. The van der Waals surface area contributed by atoms with E-state index >= 15 is 0 Å². The first kappa shape index (κ1) is 4.78. The van der Waals surface area contributed by atoms with Gasteiger partial charge >= 0.3 is 0 Å². The van der Waals surface area contributed by atoms with Crippen LogP contribution in [0.3, 0.4) is 0 Å². The molecule has 0 spiro atoms. The molecule has 0 saturated carbocycles. The summed E-state index contributed by atoms with van der Waals surface area (Å²) in [6.07, 6.45) is 0.382. The van der Waals surface area contributed by atoms with E-state index in [1.165, 1.54) is 0 Å². The van der Waals surface area contributed by atoms with E-state index in [1.807, 2.05) is 0 Å². The summed E-state index contributed by atoms with van der Waals surface area (Å²) in [5, 5.41) is 0. The zero-order valence-electron chi connectivity index (χ0n) is 2.34. The molecular weight excluding hydrogens is 90.1 g/mol. The molecule has 0 aromatic heterocycles. The van der Waals surface area contributed by atoms with Crippen molar-refractivity contribution in [3.05, 3.63) is 0 Å². The molecule has 0 aliphatic heterocycles. The van der Waals surface area contributed by atoms with Crippen molar-refractivity contribution in [1.82, 2.24) is 5.48 Å². The van der Waals surface area contributed by atoms with E-state index in [9.17, 15) is 0 Å². The average Bonchev–Trinajstić information content (AvgIpc) is 1.41. The maximum Gasteiger partial charge on any atom is 0.231 e. The van der Waals surface area contributed by atoms with Crippen LogP contribution >= 0.6 is 12.9 Å². The molecule has 0 aliphatic carbocycles. The number of carbonyl (C=O) groups excluding carboxylic acids is 1. The molecule has 0 radical (unpaired) electrons. The van der Waals surface area contributed by atoms with Gasteiger partial charge in [-0.05, 0) is 0 Å². The second kappa shape index (κ2) is 3.78. The molecule has 1 amide bonds. The zero-order chi connectivity index (χ0) is 4.12. The van der Waals surface area contributed by atoms with E-state index in [0.717, 1.165) is 0 Å². The average molecular weight is 93.1 g/mol. The third-order valence-corrected chi connectivity index (χ3v) is 0.206. The van der Waals surface area contributed by atoms with Gasteiger partial charge in [0.05, 0.1) is 0 Å². The second-order valence-corrected chi connectivity index (χ2v) is 0.510. The van der Waals surface area contributed by atoms with Crippen LogP contribution in [0.15, 0.2) is 0 Å². The Morgan fingerprint density at radius 3 is 2.60 bits per heavy atom. The van der Waals surface area contributed by atoms with Crippen LogP contribution in [-0.4, -0.2) is 6.41 Å². The fraction of sp³-hybridized carbons (Fsp3) is 0. The Morgan fingerprint density at radius 1 is 2.00 bits per heavy atom. The Bertz CT molecular complexity index is 30.8. The first-order chi connectivity index (χ1) is 2.41. The summed E-state index contributed by atoms with van der Waals surface area (Å²) in [5.74, 6) is 0. The molecule has 0 aliphatic rings. The van der Waals surface area contributed by atoms with Gasteiger partial charge in [0.1, 0.15) is 0 Å². The molecule has 0 unspecified atom stereocenters. The number of hydrogen-bond donors (Lipinski definition) is 2. The van der Waals surface area contributed by atoms with Gasteiger partial charge in [-0.3, -0.25) is 4.79 Å². The van der Waals surface area contributed by atoms with Gasteiger partial charge in [0.2, 0.25) is 6.41 Å². The van der Waals surface area contributed by atoms with Crippen molar-refractivity contribution in [2.45, 2.75) is 0 Å². The van der Waals surface area contributed by atoms with Crippen LogP contribution in [0.5, 0.6) is 0 Å². The third-order valence-electron chi connectivity index (χ3n) is 0.101. The molecule has 0 heterocycles. The standard InChI is InChI=1S/CH3NO2S/c3-1-2-4-5/h1,5H,(H,2,3). The van der Waals surface area contributed by atoms with Crippen molar-refractivity contribution in [3.8, 4) is 0 Å². The molecule has 0 saturated heterocycles. The molecule has 0 atom stereocenters. The van der Waals surface area contributed by atoms with Crippen molar-refractivity contribution in [3.63, 3.8) is 0 Å². The van der Waals surface area contributed by atoms with Crippen LogP contribution in [0.4, 0.5) is 0 Å². The van der Waals surface area contributed by atoms with Gasteiger partial charge in [-0.25, -0.2) is 9.76 Å². The Hall–Kier alpha value is -0.220. The number of carbonyl (C=O) groups is 1. The fourth-order valence-corrected chi connectivity index (χ4v) is 0.0645. The van der Waals surface area contributed by atoms with Crippen LogP contribution < -0.4 is 5.48 Å². The zero-order valence-corrected chi connectivity index (χ0v) is 3.24. The lowest BCUT2D eigenvalue weighted by atomic mass is 11.5. The summed E-state index contributed by atoms with van der Waals surface area (Å²) in [6, 6.07) is 0. The van der Waals surface area contributed by atoms with Crippen molar-refractivity contribution >= 4 is 19.3 Å². The molecule has 5 heavy (non-hydrogen) atoms. The van der Waals surface area contributed by atoms with Crippen LogP contribution in [-0.2, 0) is 9.08 Å². The summed E-state index contributed by atoms with van der Waals surface area (Å²) >= 11 is 3.16. The lowest BCUT2D eigenvalue weighted by Crippen LogP contribution is -2.02. The molecule has 0 fully saturated rings. The van der Waals surface area contributed by atoms with E-state index in [2.05, 4.69) is 17.2 Å². The van der Waals surface area contributed by atoms with Crippen LogP contribution in [0.25, 0.3) is 0 Å². The van der Waals surface area contributed by atoms with Crippen molar-refractivity contribution in [1.29, 1.82) is 0 Å². The molecule has 0 aromatic carbocycles. The van der Waals surface area contributed by atoms with Crippen LogP contribution in [0.1, 0.15) is 0 Å². The minimum absolute atomic E-state index is 0.382. The van der Waals surface area contributed by atoms with Gasteiger partial charge in [0, 0.05) is 12.9 Å². The monoisotopic (exact) mass is 93.0 g/mol. The number of thiol groups is 1. The Labute approximate surface area is 34.9 Å². The number of hydroxylamine groups is 1. The summed E-state index contributed by atoms with van der Waals surface area (Å²) < 4.78 is 3.77. The number of nitrogens with one attached hydrogen (secondary N) is 1. The van der Waals surface area contributed by atoms with Crippen LogP contribution in [0, 0.1) is 0 Å². The Kier molecular flexibility index (Phi) is 3.61. The normalized spacial score (nSPS) is 6.60. The highest BCUT2D eigenvalue weighted by Gasteiger charge is 1.58.